The van der Waals surface area contributed by atoms with Crippen LogP contribution >= 0.6 is 23.1 Å². The number of hydrogen-bond acceptors (Lipinski definition) is 3. The molecule has 1 nitrogen and oxygen atoms in total. The summed E-state index contributed by atoms with van der Waals surface area (Å²) < 4.78 is 0. The smallest absolute Gasteiger partial charge is 0.0417 e. The van der Waals surface area contributed by atoms with Gasteiger partial charge in [0.25, 0.3) is 0 Å². The zero-order valence-electron chi connectivity index (χ0n) is 11.2. The Bertz CT molecular complexity index is 372. The van der Waals surface area contributed by atoms with Gasteiger partial charge in [0.2, 0.25) is 0 Å². The maximum Gasteiger partial charge on any atom is 0.0417 e. The van der Waals surface area contributed by atoms with Crippen LogP contribution in [0.4, 0.5) is 0 Å². The van der Waals surface area contributed by atoms with Gasteiger partial charge >= 0.3 is 0 Å². The quantitative estimate of drug-likeness (QED) is 0.830. The van der Waals surface area contributed by atoms with Crippen LogP contribution in [0.5, 0.6) is 0 Å². The van der Waals surface area contributed by atoms with Crippen LogP contribution in [0.2, 0.25) is 0 Å². The summed E-state index contributed by atoms with van der Waals surface area (Å²) in [5, 5.41) is 3.77. The Hall–Kier alpha value is 0.01000. The second-order valence-electron chi connectivity index (χ2n) is 5.59. The summed E-state index contributed by atoms with van der Waals surface area (Å²) in [7, 11) is 0. The highest BCUT2D eigenvalue weighted by Crippen LogP contribution is 2.41. The number of aryl methyl sites for hydroxylation is 1. The molecule has 18 heavy (non-hydrogen) atoms. The van der Waals surface area contributed by atoms with Gasteiger partial charge in [0, 0.05) is 21.5 Å². The average molecular weight is 281 g/mol. The zero-order chi connectivity index (χ0) is 12.4. The number of hydrogen-bond donors (Lipinski definition) is 1. The molecule has 1 unspecified atom stereocenters. The van der Waals surface area contributed by atoms with Gasteiger partial charge in [0.15, 0.2) is 0 Å². The molecule has 3 heteroatoms. The Labute approximate surface area is 119 Å². The largest absolute Gasteiger partial charge is 0.309 e. The topological polar surface area (TPSA) is 12.0 Å². The second-order valence-corrected chi connectivity index (χ2v) is 7.86. The Morgan fingerprint density at radius 1 is 1.44 bits per heavy atom. The number of thiophene rings is 1. The standard InChI is InChI=1S/C15H23NS2/c1-2-6-16-13(8-11-3-4-11)15-9-12-10-17-7-5-14(12)18-15/h9,11,13,16H,2-8,10H2,1H3. The molecule has 1 N–H and O–H groups in total. The first-order chi connectivity index (χ1) is 8.86. The summed E-state index contributed by atoms with van der Waals surface area (Å²) in [4.78, 5) is 3.28. The van der Waals surface area contributed by atoms with E-state index in [1.165, 1.54) is 43.6 Å². The SMILES string of the molecule is CCCNC(CC1CC1)c1cc2c(s1)CCSC2. The summed E-state index contributed by atoms with van der Waals surface area (Å²) in [5.74, 6) is 3.58. The summed E-state index contributed by atoms with van der Waals surface area (Å²) in [6.07, 6.45) is 6.83. The van der Waals surface area contributed by atoms with E-state index in [4.69, 9.17) is 0 Å². The minimum atomic E-state index is 0.637. The number of nitrogens with one attached hydrogen (secondary N) is 1. The van der Waals surface area contributed by atoms with Crippen LogP contribution in [0, 0.1) is 5.92 Å². The third-order valence-corrected chi connectivity index (χ3v) is 6.26. The fourth-order valence-electron chi connectivity index (χ4n) is 2.65. The van der Waals surface area contributed by atoms with E-state index in [2.05, 4.69) is 41.4 Å². The summed E-state index contributed by atoms with van der Waals surface area (Å²) >= 11 is 4.18. The predicted octanol–water partition coefficient (Wildman–Crippen LogP) is 4.38. The Morgan fingerprint density at radius 2 is 2.33 bits per heavy atom. The van der Waals surface area contributed by atoms with Crippen molar-refractivity contribution in [2.75, 3.05) is 12.3 Å². The van der Waals surface area contributed by atoms with E-state index in [-0.39, 0.29) is 0 Å². The van der Waals surface area contributed by atoms with Crippen LogP contribution < -0.4 is 5.32 Å². The van der Waals surface area contributed by atoms with Crippen LogP contribution in [-0.4, -0.2) is 12.3 Å². The second kappa shape index (κ2) is 5.98. The van der Waals surface area contributed by atoms with Crippen molar-refractivity contribution in [3.63, 3.8) is 0 Å². The van der Waals surface area contributed by atoms with E-state index in [9.17, 15) is 0 Å². The summed E-state index contributed by atoms with van der Waals surface area (Å²) in [5.41, 5.74) is 1.63. The molecule has 1 aliphatic carbocycles. The molecule has 1 fully saturated rings. The van der Waals surface area contributed by atoms with Crippen molar-refractivity contribution in [3.8, 4) is 0 Å². The van der Waals surface area contributed by atoms with Crippen molar-refractivity contribution in [3.05, 3.63) is 21.4 Å². The minimum absolute atomic E-state index is 0.637. The van der Waals surface area contributed by atoms with Crippen LogP contribution in [0.15, 0.2) is 6.07 Å². The lowest BCUT2D eigenvalue weighted by Crippen LogP contribution is -2.21. The highest BCUT2D eigenvalue weighted by atomic mass is 32.2. The highest BCUT2D eigenvalue weighted by Gasteiger charge is 2.27. The lowest BCUT2D eigenvalue weighted by molar-refractivity contribution is 0.480. The van der Waals surface area contributed by atoms with Gasteiger partial charge in [0.1, 0.15) is 0 Å². The first-order valence-corrected chi connectivity index (χ1v) is 9.26. The Morgan fingerprint density at radius 3 is 3.06 bits per heavy atom. The van der Waals surface area contributed by atoms with E-state index in [0.717, 1.165) is 12.5 Å². The molecule has 100 valence electrons. The van der Waals surface area contributed by atoms with E-state index in [1.54, 1.807) is 15.3 Å². The van der Waals surface area contributed by atoms with Crippen molar-refractivity contribution in [1.82, 2.24) is 5.32 Å². The van der Waals surface area contributed by atoms with Crippen molar-refractivity contribution in [2.24, 2.45) is 5.92 Å². The van der Waals surface area contributed by atoms with E-state index in [1.807, 2.05) is 0 Å². The van der Waals surface area contributed by atoms with E-state index < -0.39 is 0 Å². The zero-order valence-corrected chi connectivity index (χ0v) is 12.8. The number of fused-ring (bicyclic) bond motifs is 1. The van der Waals surface area contributed by atoms with Crippen molar-refractivity contribution in [1.29, 1.82) is 0 Å². The molecule has 0 bridgehead atoms. The molecule has 0 aromatic carbocycles. The Balaban J connectivity index is 1.72. The normalized spacial score (nSPS) is 20.7. The lowest BCUT2D eigenvalue weighted by Gasteiger charge is -2.16. The molecule has 1 aromatic rings. The molecule has 1 atom stereocenters. The molecule has 1 aliphatic heterocycles. The number of thioether (sulfide) groups is 1. The first-order valence-electron chi connectivity index (χ1n) is 7.29. The maximum absolute atomic E-state index is 3.77. The molecular formula is C15H23NS2. The third kappa shape index (κ3) is 3.12. The fraction of sp³-hybridized carbons (Fsp3) is 0.733. The van der Waals surface area contributed by atoms with Gasteiger partial charge in [-0.2, -0.15) is 11.8 Å². The van der Waals surface area contributed by atoms with Crippen LogP contribution in [0.1, 0.15) is 54.0 Å². The molecule has 0 saturated heterocycles. The van der Waals surface area contributed by atoms with Crippen molar-refractivity contribution in [2.45, 2.75) is 50.8 Å². The molecule has 2 aliphatic rings. The molecular weight excluding hydrogens is 258 g/mol. The Kier molecular flexibility index (Phi) is 4.32. The first kappa shape index (κ1) is 13.0. The fourth-order valence-corrected chi connectivity index (χ4v) is 5.11. The van der Waals surface area contributed by atoms with Gasteiger partial charge in [-0.3, -0.25) is 0 Å². The van der Waals surface area contributed by atoms with Crippen LogP contribution in [-0.2, 0) is 12.2 Å². The van der Waals surface area contributed by atoms with Gasteiger partial charge in [-0.05, 0) is 49.1 Å². The molecule has 3 rings (SSSR count). The average Bonchev–Trinajstić information content (AvgIpc) is 3.10. The molecule has 1 saturated carbocycles. The van der Waals surface area contributed by atoms with Gasteiger partial charge in [-0.15, -0.1) is 11.3 Å². The third-order valence-electron chi connectivity index (χ3n) is 3.90. The highest BCUT2D eigenvalue weighted by molar-refractivity contribution is 7.98. The summed E-state index contributed by atoms with van der Waals surface area (Å²) in [6.45, 7) is 3.42. The minimum Gasteiger partial charge on any atom is -0.309 e. The molecule has 1 aromatic heterocycles. The van der Waals surface area contributed by atoms with E-state index >= 15 is 0 Å². The molecule has 2 heterocycles. The van der Waals surface area contributed by atoms with Crippen molar-refractivity contribution >= 4 is 23.1 Å². The molecule has 0 radical (unpaired) electrons. The van der Waals surface area contributed by atoms with E-state index in [0.29, 0.717) is 6.04 Å². The lowest BCUT2D eigenvalue weighted by atomic mass is 10.1. The summed E-state index contributed by atoms with van der Waals surface area (Å²) in [6, 6.07) is 3.14. The maximum atomic E-state index is 3.77. The predicted molar refractivity (Wildman–Crippen MR) is 82.6 cm³/mol. The van der Waals surface area contributed by atoms with Crippen molar-refractivity contribution < 1.29 is 0 Å². The monoisotopic (exact) mass is 281 g/mol. The van der Waals surface area contributed by atoms with Crippen LogP contribution in [0.25, 0.3) is 0 Å². The van der Waals surface area contributed by atoms with Crippen LogP contribution in [0.3, 0.4) is 0 Å². The molecule has 0 amide bonds. The van der Waals surface area contributed by atoms with Gasteiger partial charge in [-0.25, -0.2) is 0 Å². The van der Waals surface area contributed by atoms with Gasteiger partial charge in [0.05, 0.1) is 0 Å². The van der Waals surface area contributed by atoms with Gasteiger partial charge in [-0.1, -0.05) is 19.8 Å². The molecule has 0 spiro atoms. The number of rotatable bonds is 6. The van der Waals surface area contributed by atoms with Gasteiger partial charge < -0.3 is 5.32 Å².